The van der Waals surface area contributed by atoms with Crippen LogP contribution in [-0.2, 0) is 0 Å². The number of ether oxygens (including phenoxy) is 1. The highest BCUT2D eigenvalue weighted by Gasteiger charge is 2.23. The van der Waals surface area contributed by atoms with Gasteiger partial charge in [0, 0.05) is 0 Å². The molecule has 5 heteroatoms. The Hall–Kier alpha value is -2.69. The molecule has 1 heterocycles. The van der Waals surface area contributed by atoms with Crippen LogP contribution < -0.4 is 15.4 Å². The normalized spacial score (nSPS) is 15.9. The van der Waals surface area contributed by atoms with E-state index in [0.717, 1.165) is 22.7 Å². The van der Waals surface area contributed by atoms with Crippen LogP contribution in [0.5, 0.6) is 5.75 Å². The second-order valence-electron chi connectivity index (χ2n) is 4.53. The van der Waals surface area contributed by atoms with E-state index in [1.165, 1.54) is 0 Å². The molecule has 3 N–H and O–H groups in total. The van der Waals surface area contributed by atoms with Crippen molar-refractivity contribution in [2.24, 2.45) is 0 Å². The first-order chi connectivity index (χ1) is 9.69. The minimum atomic E-state index is -0.922. The zero-order chi connectivity index (χ0) is 14.1. The number of aromatic carboxylic acids is 1. The first-order valence-corrected chi connectivity index (χ1v) is 6.22. The van der Waals surface area contributed by atoms with Gasteiger partial charge in [-0.05, 0) is 29.8 Å². The summed E-state index contributed by atoms with van der Waals surface area (Å²) < 4.78 is 5.31. The van der Waals surface area contributed by atoms with Crippen molar-refractivity contribution < 1.29 is 14.6 Å². The van der Waals surface area contributed by atoms with Gasteiger partial charge in [-0.1, -0.05) is 18.2 Å². The highest BCUT2D eigenvalue weighted by Crippen LogP contribution is 2.41. The lowest BCUT2D eigenvalue weighted by Gasteiger charge is -2.13. The number of rotatable bonds is 3. The van der Waals surface area contributed by atoms with E-state index in [9.17, 15) is 4.79 Å². The average Bonchev–Trinajstić information content (AvgIpc) is 2.91. The number of hydrogen-bond donors (Lipinski definition) is 3. The van der Waals surface area contributed by atoms with E-state index in [1.54, 1.807) is 31.4 Å². The van der Waals surface area contributed by atoms with Gasteiger partial charge in [0.25, 0.3) is 0 Å². The summed E-state index contributed by atoms with van der Waals surface area (Å²) in [7, 11) is 1.63. The molecule has 2 aromatic rings. The van der Waals surface area contributed by atoms with Crippen LogP contribution in [0.1, 0.15) is 22.1 Å². The van der Waals surface area contributed by atoms with Gasteiger partial charge in [-0.3, -0.25) is 0 Å². The number of methoxy groups -OCH3 is 1. The quantitative estimate of drug-likeness (QED) is 0.800. The second-order valence-corrected chi connectivity index (χ2v) is 4.53. The minimum Gasteiger partial charge on any atom is -0.495 e. The maximum absolute atomic E-state index is 10.8. The van der Waals surface area contributed by atoms with Crippen LogP contribution in [0.4, 0.5) is 11.4 Å². The summed E-state index contributed by atoms with van der Waals surface area (Å²) in [5.74, 6) is -0.145. The van der Waals surface area contributed by atoms with Crippen molar-refractivity contribution in [3.8, 4) is 5.75 Å². The van der Waals surface area contributed by atoms with E-state index < -0.39 is 5.97 Å². The van der Waals surface area contributed by atoms with Crippen LogP contribution in [0.15, 0.2) is 42.5 Å². The number of para-hydroxylation sites is 1. The highest BCUT2D eigenvalue weighted by molar-refractivity contribution is 5.87. The van der Waals surface area contributed by atoms with Gasteiger partial charge in [0.1, 0.15) is 17.6 Å². The van der Waals surface area contributed by atoms with Crippen molar-refractivity contribution in [2.75, 3.05) is 17.7 Å². The Morgan fingerprint density at radius 1 is 1.15 bits per heavy atom. The van der Waals surface area contributed by atoms with Crippen LogP contribution in [0.3, 0.4) is 0 Å². The molecule has 0 saturated heterocycles. The molecule has 0 aromatic heterocycles. The minimum absolute atomic E-state index is 0.0934. The molecular formula is C15H14N2O3. The third kappa shape index (κ3) is 2.03. The number of fused-ring (bicyclic) bond motifs is 1. The van der Waals surface area contributed by atoms with E-state index >= 15 is 0 Å². The van der Waals surface area contributed by atoms with Gasteiger partial charge in [-0.25, -0.2) is 4.79 Å². The van der Waals surface area contributed by atoms with Gasteiger partial charge >= 0.3 is 5.97 Å². The van der Waals surface area contributed by atoms with Crippen molar-refractivity contribution in [3.63, 3.8) is 0 Å². The zero-order valence-corrected chi connectivity index (χ0v) is 10.9. The zero-order valence-electron chi connectivity index (χ0n) is 10.9. The predicted molar refractivity (Wildman–Crippen MR) is 76.4 cm³/mol. The van der Waals surface area contributed by atoms with Gasteiger partial charge in [0.05, 0.1) is 18.4 Å². The largest absolute Gasteiger partial charge is 0.495 e. The smallest absolute Gasteiger partial charge is 0.335 e. The topological polar surface area (TPSA) is 70.6 Å². The number of nitrogens with one attached hydrogen (secondary N) is 2. The van der Waals surface area contributed by atoms with E-state index in [-0.39, 0.29) is 11.7 Å². The van der Waals surface area contributed by atoms with Crippen LogP contribution in [0.2, 0.25) is 0 Å². The Balaban J connectivity index is 1.86. The molecule has 0 bridgehead atoms. The lowest BCUT2D eigenvalue weighted by atomic mass is 10.1. The van der Waals surface area contributed by atoms with E-state index in [0.29, 0.717) is 0 Å². The number of anilines is 2. The lowest BCUT2D eigenvalue weighted by molar-refractivity contribution is 0.0697. The molecule has 1 unspecified atom stereocenters. The fourth-order valence-corrected chi connectivity index (χ4v) is 2.29. The molecule has 0 fully saturated rings. The Bertz CT molecular complexity index is 653. The summed E-state index contributed by atoms with van der Waals surface area (Å²) in [6.45, 7) is 0. The number of carboxylic acid groups (broad SMARTS) is 1. The summed E-state index contributed by atoms with van der Waals surface area (Å²) in [6.07, 6.45) is -0.0934. The molecule has 0 amide bonds. The van der Waals surface area contributed by atoms with E-state index in [2.05, 4.69) is 10.6 Å². The van der Waals surface area contributed by atoms with E-state index in [1.807, 2.05) is 18.2 Å². The van der Waals surface area contributed by atoms with E-state index in [4.69, 9.17) is 9.84 Å². The van der Waals surface area contributed by atoms with Crippen LogP contribution in [0.25, 0.3) is 0 Å². The fourth-order valence-electron chi connectivity index (χ4n) is 2.29. The first-order valence-electron chi connectivity index (χ1n) is 6.22. The Morgan fingerprint density at radius 2 is 1.90 bits per heavy atom. The first kappa shape index (κ1) is 12.3. The number of carbonyl (C=O) groups is 1. The summed E-state index contributed by atoms with van der Waals surface area (Å²) in [6, 6.07) is 12.6. The third-order valence-corrected chi connectivity index (χ3v) is 3.33. The van der Waals surface area contributed by atoms with Crippen molar-refractivity contribution in [3.05, 3.63) is 53.6 Å². The predicted octanol–water partition coefficient (Wildman–Crippen LogP) is 2.93. The Labute approximate surface area is 116 Å². The molecule has 20 heavy (non-hydrogen) atoms. The van der Waals surface area contributed by atoms with Crippen LogP contribution in [0, 0.1) is 0 Å². The Kier molecular flexibility index (Phi) is 2.95. The van der Waals surface area contributed by atoms with Gasteiger partial charge in [-0.2, -0.15) is 0 Å². The maximum Gasteiger partial charge on any atom is 0.335 e. The number of carboxylic acids is 1. The van der Waals surface area contributed by atoms with Crippen molar-refractivity contribution in [2.45, 2.75) is 6.17 Å². The summed E-state index contributed by atoms with van der Waals surface area (Å²) >= 11 is 0. The van der Waals surface area contributed by atoms with Crippen molar-refractivity contribution >= 4 is 17.3 Å². The molecule has 5 nitrogen and oxygen atoms in total. The summed E-state index contributed by atoms with van der Waals surface area (Å²) in [4.78, 5) is 10.8. The number of hydrogen-bond acceptors (Lipinski definition) is 4. The molecule has 3 rings (SSSR count). The third-order valence-electron chi connectivity index (χ3n) is 3.33. The van der Waals surface area contributed by atoms with Crippen LogP contribution in [-0.4, -0.2) is 18.2 Å². The average molecular weight is 270 g/mol. The molecule has 1 aliphatic rings. The van der Waals surface area contributed by atoms with Gasteiger partial charge in [0.15, 0.2) is 0 Å². The molecule has 0 saturated carbocycles. The molecule has 0 aliphatic carbocycles. The summed E-state index contributed by atoms with van der Waals surface area (Å²) in [5, 5.41) is 15.6. The standard InChI is InChI=1S/C15H14N2O3/c1-20-12-4-2-3-11-13(12)17-14(16-11)9-5-7-10(8-6-9)15(18)19/h2-8,14,16-17H,1H3,(H,18,19). The van der Waals surface area contributed by atoms with Gasteiger partial charge in [-0.15, -0.1) is 0 Å². The number of benzene rings is 2. The van der Waals surface area contributed by atoms with Gasteiger partial charge in [0.2, 0.25) is 0 Å². The molecular weight excluding hydrogens is 256 g/mol. The lowest BCUT2D eigenvalue weighted by Crippen LogP contribution is -2.12. The second kappa shape index (κ2) is 4.77. The van der Waals surface area contributed by atoms with Crippen LogP contribution >= 0.6 is 0 Å². The molecule has 0 spiro atoms. The SMILES string of the molecule is COc1cccc2c1NC(c1ccc(C(=O)O)cc1)N2. The van der Waals surface area contributed by atoms with Gasteiger partial charge < -0.3 is 20.5 Å². The maximum atomic E-state index is 10.8. The Morgan fingerprint density at radius 3 is 2.55 bits per heavy atom. The molecule has 1 atom stereocenters. The fraction of sp³-hybridized carbons (Fsp3) is 0.133. The molecule has 2 aromatic carbocycles. The van der Waals surface area contributed by atoms with Crippen molar-refractivity contribution in [1.82, 2.24) is 0 Å². The highest BCUT2D eigenvalue weighted by atomic mass is 16.5. The summed E-state index contributed by atoms with van der Waals surface area (Å²) in [5.41, 5.74) is 3.13. The molecule has 102 valence electrons. The van der Waals surface area contributed by atoms with Crippen molar-refractivity contribution in [1.29, 1.82) is 0 Å². The monoisotopic (exact) mass is 270 g/mol. The molecule has 0 radical (unpaired) electrons. The molecule has 1 aliphatic heterocycles.